The van der Waals surface area contributed by atoms with Gasteiger partial charge in [-0.25, -0.2) is 0 Å². The minimum Gasteiger partial charge on any atom is -0.396 e. The molecule has 0 aromatic heterocycles. The van der Waals surface area contributed by atoms with E-state index < -0.39 is 0 Å². The van der Waals surface area contributed by atoms with Crippen molar-refractivity contribution in [2.75, 3.05) is 19.8 Å². The lowest BCUT2D eigenvalue weighted by atomic mass is 9.98. The third-order valence-corrected chi connectivity index (χ3v) is 2.19. The predicted molar refractivity (Wildman–Crippen MR) is 49.0 cm³/mol. The molecule has 0 saturated carbocycles. The van der Waals surface area contributed by atoms with Crippen LogP contribution in [0.1, 0.15) is 25.7 Å². The third-order valence-electron chi connectivity index (χ3n) is 2.19. The highest BCUT2D eigenvalue weighted by Gasteiger charge is 2.11. The summed E-state index contributed by atoms with van der Waals surface area (Å²) >= 11 is 0. The van der Waals surface area contributed by atoms with Gasteiger partial charge in [-0.15, -0.1) is 0 Å². The van der Waals surface area contributed by atoms with Gasteiger partial charge in [-0.05, 0) is 31.6 Å². The maximum absolute atomic E-state index is 8.53. The molecular weight excluding hydrogens is 152 g/mol. The number of aliphatic hydroxyl groups excluding tert-OH is 1. The highest BCUT2D eigenvalue weighted by Crippen LogP contribution is 2.17. The van der Waals surface area contributed by atoms with Crippen molar-refractivity contribution in [1.29, 1.82) is 0 Å². The maximum atomic E-state index is 8.53. The number of ether oxygens (including phenoxy) is 1. The van der Waals surface area contributed by atoms with E-state index in [-0.39, 0.29) is 6.61 Å². The van der Waals surface area contributed by atoms with Crippen LogP contribution in [0.15, 0.2) is 12.2 Å². The Morgan fingerprint density at radius 3 is 3.00 bits per heavy atom. The molecule has 1 aliphatic heterocycles. The Bertz CT molecular complexity index is 126. The minimum absolute atomic E-state index is 0.262. The zero-order valence-electron chi connectivity index (χ0n) is 7.54. The summed E-state index contributed by atoms with van der Waals surface area (Å²) in [6, 6.07) is 0. The van der Waals surface area contributed by atoms with E-state index in [1.807, 2.05) is 0 Å². The normalized spacial score (nSPS) is 24.9. The van der Waals surface area contributed by atoms with E-state index in [0.717, 1.165) is 26.1 Å². The first-order valence-corrected chi connectivity index (χ1v) is 4.77. The molecule has 2 nitrogen and oxygen atoms in total. The lowest BCUT2D eigenvalue weighted by Gasteiger charge is -2.20. The summed E-state index contributed by atoms with van der Waals surface area (Å²) in [5.74, 6) is 0.716. The van der Waals surface area contributed by atoms with Crippen LogP contribution in [-0.4, -0.2) is 24.9 Å². The molecule has 0 spiro atoms. The molecule has 0 amide bonds. The fourth-order valence-corrected chi connectivity index (χ4v) is 1.47. The highest BCUT2D eigenvalue weighted by atomic mass is 16.5. The average molecular weight is 170 g/mol. The summed E-state index contributed by atoms with van der Waals surface area (Å²) in [7, 11) is 0. The van der Waals surface area contributed by atoms with E-state index in [1.165, 1.54) is 12.8 Å². The smallest absolute Gasteiger partial charge is 0.0497 e. The van der Waals surface area contributed by atoms with Gasteiger partial charge in [0, 0.05) is 19.8 Å². The van der Waals surface area contributed by atoms with Gasteiger partial charge in [-0.1, -0.05) is 12.2 Å². The largest absolute Gasteiger partial charge is 0.396 e. The summed E-state index contributed by atoms with van der Waals surface area (Å²) in [5, 5.41) is 8.53. The van der Waals surface area contributed by atoms with Crippen LogP contribution < -0.4 is 0 Å². The molecule has 1 aliphatic rings. The monoisotopic (exact) mass is 170 g/mol. The summed E-state index contributed by atoms with van der Waals surface area (Å²) in [6.45, 7) is 2.12. The molecule has 0 bridgehead atoms. The minimum atomic E-state index is 0.262. The van der Waals surface area contributed by atoms with Gasteiger partial charge < -0.3 is 9.84 Å². The second-order valence-corrected chi connectivity index (χ2v) is 3.30. The lowest BCUT2D eigenvalue weighted by molar-refractivity contribution is 0.0559. The van der Waals surface area contributed by atoms with Crippen molar-refractivity contribution in [2.24, 2.45) is 5.92 Å². The van der Waals surface area contributed by atoms with Crippen molar-refractivity contribution in [2.45, 2.75) is 25.7 Å². The van der Waals surface area contributed by atoms with E-state index in [2.05, 4.69) is 12.2 Å². The highest BCUT2D eigenvalue weighted by molar-refractivity contribution is 4.84. The standard InChI is InChI=1S/C10H18O2/c11-7-3-1-2-5-10-6-4-8-12-9-10/h1-2,10-11H,3-9H2/b2-1-. The van der Waals surface area contributed by atoms with Gasteiger partial charge >= 0.3 is 0 Å². The molecule has 1 saturated heterocycles. The first kappa shape index (κ1) is 9.75. The van der Waals surface area contributed by atoms with Crippen LogP contribution in [0.3, 0.4) is 0 Å². The Morgan fingerprint density at radius 1 is 1.42 bits per heavy atom. The van der Waals surface area contributed by atoms with E-state index in [1.54, 1.807) is 0 Å². The van der Waals surface area contributed by atoms with Crippen LogP contribution in [0.5, 0.6) is 0 Å². The average Bonchev–Trinajstić information content (AvgIpc) is 2.14. The van der Waals surface area contributed by atoms with Crippen LogP contribution in [0, 0.1) is 5.92 Å². The molecule has 0 aliphatic carbocycles. The van der Waals surface area contributed by atoms with Crippen molar-refractivity contribution in [3.8, 4) is 0 Å². The Labute approximate surface area is 74.2 Å². The zero-order valence-corrected chi connectivity index (χ0v) is 7.54. The number of allylic oxidation sites excluding steroid dienone is 1. The van der Waals surface area contributed by atoms with Gasteiger partial charge in [0.25, 0.3) is 0 Å². The molecule has 0 radical (unpaired) electrons. The van der Waals surface area contributed by atoms with E-state index in [0.29, 0.717) is 5.92 Å². The van der Waals surface area contributed by atoms with Crippen LogP contribution >= 0.6 is 0 Å². The number of hydrogen-bond donors (Lipinski definition) is 1. The van der Waals surface area contributed by atoms with Crippen LogP contribution in [-0.2, 0) is 4.74 Å². The third kappa shape index (κ3) is 3.88. The fraction of sp³-hybridized carbons (Fsp3) is 0.800. The summed E-state index contributed by atoms with van der Waals surface area (Å²) in [5.41, 5.74) is 0. The summed E-state index contributed by atoms with van der Waals surface area (Å²) in [6.07, 6.45) is 8.61. The second kappa shape index (κ2) is 6.21. The first-order valence-electron chi connectivity index (χ1n) is 4.77. The van der Waals surface area contributed by atoms with Gasteiger partial charge in [0.1, 0.15) is 0 Å². The van der Waals surface area contributed by atoms with Gasteiger partial charge in [0.05, 0.1) is 0 Å². The van der Waals surface area contributed by atoms with Gasteiger partial charge in [-0.2, -0.15) is 0 Å². The molecule has 1 heterocycles. The Kier molecular flexibility index (Phi) is 5.04. The van der Waals surface area contributed by atoms with Crippen molar-refractivity contribution in [1.82, 2.24) is 0 Å². The zero-order chi connectivity index (χ0) is 8.65. The van der Waals surface area contributed by atoms with Crippen molar-refractivity contribution >= 4 is 0 Å². The van der Waals surface area contributed by atoms with E-state index >= 15 is 0 Å². The molecule has 1 N–H and O–H groups in total. The molecule has 1 fully saturated rings. The van der Waals surface area contributed by atoms with Crippen LogP contribution in [0.25, 0.3) is 0 Å². The SMILES string of the molecule is OCC/C=C\CC1CCCOC1. The van der Waals surface area contributed by atoms with Crippen molar-refractivity contribution < 1.29 is 9.84 Å². The topological polar surface area (TPSA) is 29.5 Å². The molecule has 2 heteroatoms. The molecular formula is C10H18O2. The van der Waals surface area contributed by atoms with Gasteiger partial charge in [-0.3, -0.25) is 0 Å². The second-order valence-electron chi connectivity index (χ2n) is 3.30. The molecule has 1 unspecified atom stereocenters. The molecule has 12 heavy (non-hydrogen) atoms. The van der Waals surface area contributed by atoms with E-state index in [9.17, 15) is 0 Å². The van der Waals surface area contributed by atoms with Gasteiger partial charge in [0.2, 0.25) is 0 Å². The fourth-order valence-electron chi connectivity index (χ4n) is 1.47. The molecule has 1 atom stereocenters. The quantitative estimate of drug-likeness (QED) is 0.651. The molecule has 70 valence electrons. The Hall–Kier alpha value is -0.340. The summed E-state index contributed by atoms with van der Waals surface area (Å²) < 4.78 is 5.36. The van der Waals surface area contributed by atoms with Crippen LogP contribution in [0.2, 0.25) is 0 Å². The Balaban J connectivity index is 2.04. The number of aliphatic hydroxyl groups is 1. The van der Waals surface area contributed by atoms with Crippen molar-refractivity contribution in [3.63, 3.8) is 0 Å². The maximum Gasteiger partial charge on any atom is 0.0497 e. The van der Waals surface area contributed by atoms with Crippen LogP contribution in [0.4, 0.5) is 0 Å². The van der Waals surface area contributed by atoms with Gasteiger partial charge in [0.15, 0.2) is 0 Å². The lowest BCUT2D eigenvalue weighted by Crippen LogP contribution is -2.16. The summed E-state index contributed by atoms with van der Waals surface area (Å²) in [4.78, 5) is 0. The number of hydrogen-bond acceptors (Lipinski definition) is 2. The van der Waals surface area contributed by atoms with E-state index in [4.69, 9.17) is 9.84 Å². The molecule has 0 aromatic rings. The Morgan fingerprint density at radius 2 is 2.33 bits per heavy atom. The first-order chi connectivity index (χ1) is 5.93. The van der Waals surface area contributed by atoms with Crippen molar-refractivity contribution in [3.05, 3.63) is 12.2 Å². The predicted octanol–water partition coefficient (Wildman–Crippen LogP) is 1.74. The molecule has 1 rings (SSSR count). The molecule has 0 aromatic carbocycles. The number of rotatable bonds is 4.